The van der Waals surface area contributed by atoms with Crippen LogP contribution in [0.4, 0.5) is 0 Å². The van der Waals surface area contributed by atoms with Gasteiger partial charge in [0.2, 0.25) is 5.78 Å². The Morgan fingerprint density at radius 3 is 2.51 bits per heavy atom. The topological polar surface area (TPSA) is 127 Å². The summed E-state index contributed by atoms with van der Waals surface area (Å²) in [4.78, 5) is 32.8. The highest BCUT2D eigenvalue weighted by Gasteiger charge is 2.17. The fraction of sp³-hybridized carbons (Fsp3) is 0.321. The summed E-state index contributed by atoms with van der Waals surface area (Å²) in [5.41, 5.74) is 10.0. The van der Waals surface area contributed by atoms with Crippen molar-refractivity contribution in [3.63, 3.8) is 0 Å². The van der Waals surface area contributed by atoms with Gasteiger partial charge in [-0.2, -0.15) is 4.98 Å². The normalized spacial score (nSPS) is 14.2. The number of aromatic nitrogens is 3. The lowest BCUT2D eigenvalue weighted by molar-refractivity contribution is 0.0696. The van der Waals surface area contributed by atoms with Crippen molar-refractivity contribution in [2.75, 3.05) is 26.3 Å². The van der Waals surface area contributed by atoms with Crippen molar-refractivity contribution in [2.45, 2.75) is 31.8 Å². The van der Waals surface area contributed by atoms with E-state index < -0.39 is 0 Å². The molecule has 2 aromatic carbocycles. The number of nitrogens with one attached hydrogen (secondary N) is 3. The molecular weight excluding hydrogens is 468 g/mol. The molecule has 0 saturated carbocycles. The minimum absolute atomic E-state index is 0.0795. The summed E-state index contributed by atoms with van der Waals surface area (Å²) in [7, 11) is 0. The molecule has 4 aromatic rings. The molecule has 1 fully saturated rings. The second-order valence-corrected chi connectivity index (χ2v) is 9.31. The zero-order valence-electron chi connectivity index (χ0n) is 20.7. The molecule has 2 aromatic heterocycles. The first-order valence-corrected chi connectivity index (χ1v) is 12.7. The zero-order chi connectivity index (χ0) is 25.6. The molecule has 1 aliphatic rings. The van der Waals surface area contributed by atoms with Crippen LogP contribution in [-0.2, 0) is 11.3 Å². The molecule has 1 amide bonds. The van der Waals surface area contributed by atoms with E-state index in [1.165, 1.54) is 0 Å². The number of hydrogen-bond donors (Lipinski definition) is 4. The Kier molecular flexibility index (Phi) is 7.74. The largest absolute Gasteiger partial charge is 0.381 e. The Labute approximate surface area is 215 Å². The highest BCUT2D eigenvalue weighted by atomic mass is 16.5. The zero-order valence-corrected chi connectivity index (χ0v) is 20.7. The number of carbonyl (C=O) groups is 1. The first-order chi connectivity index (χ1) is 18.1. The highest BCUT2D eigenvalue weighted by molar-refractivity contribution is 5.94. The maximum Gasteiger partial charge on any atom is 0.282 e. The van der Waals surface area contributed by atoms with Crippen LogP contribution in [0.2, 0.25) is 0 Å². The molecule has 3 heterocycles. The molecule has 0 radical (unpaired) electrons. The van der Waals surface area contributed by atoms with Crippen molar-refractivity contribution in [3.8, 4) is 22.4 Å². The number of hydrogen-bond acceptors (Lipinski definition) is 6. The van der Waals surface area contributed by atoms with Crippen molar-refractivity contribution in [1.29, 1.82) is 0 Å². The third-order valence-electron chi connectivity index (χ3n) is 6.63. The Balaban J connectivity index is 1.30. The van der Waals surface area contributed by atoms with E-state index in [-0.39, 0.29) is 17.5 Å². The number of rotatable bonds is 9. The Morgan fingerprint density at radius 2 is 1.78 bits per heavy atom. The van der Waals surface area contributed by atoms with Gasteiger partial charge in [-0.05, 0) is 61.2 Å². The summed E-state index contributed by atoms with van der Waals surface area (Å²) in [6, 6.07) is 15.5. The van der Waals surface area contributed by atoms with Crippen molar-refractivity contribution in [3.05, 3.63) is 82.4 Å². The maximum absolute atomic E-state index is 12.8. The van der Waals surface area contributed by atoms with Crippen molar-refractivity contribution < 1.29 is 9.53 Å². The van der Waals surface area contributed by atoms with Gasteiger partial charge in [0.25, 0.3) is 11.5 Å². The van der Waals surface area contributed by atoms with Gasteiger partial charge >= 0.3 is 0 Å². The fourth-order valence-corrected chi connectivity index (χ4v) is 4.47. The number of benzene rings is 2. The minimum atomic E-state index is -0.289. The van der Waals surface area contributed by atoms with Crippen LogP contribution in [0.3, 0.4) is 0 Å². The van der Waals surface area contributed by atoms with E-state index in [1.54, 1.807) is 6.20 Å². The summed E-state index contributed by atoms with van der Waals surface area (Å²) in [6.45, 7) is 3.67. The number of nitrogens with two attached hydrogens (primary N) is 1. The number of fused-ring (bicyclic) bond motifs is 1. The molecule has 192 valence electrons. The minimum Gasteiger partial charge on any atom is -0.381 e. The standard InChI is InChI=1S/C28H32N6O3/c29-12-1-13-30-16-19-2-4-20(5-3-19)24-17-34-18-25(32-28(34)33-27(24)36)21-6-8-22(9-7-21)26(35)31-23-10-14-37-15-11-23/h2-9,17-18,23,30H,1,10-16,29H2,(H,31,35)(H,32,33,36). The molecule has 5 rings (SSSR count). The molecule has 0 atom stereocenters. The van der Waals surface area contributed by atoms with Gasteiger partial charge in [-0.25, -0.2) is 0 Å². The summed E-state index contributed by atoms with van der Waals surface area (Å²) in [5.74, 6) is 0.384. The molecule has 37 heavy (non-hydrogen) atoms. The molecule has 9 nitrogen and oxygen atoms in total. The van der Waals surface area contributed by atoms with Crippen LogP contribution < -0.4 is 21.9 Å². The monoisotopic (exact) mass is 500 g/mol. The van der Waals surface area contributed by atoms with E-state index in [4.69, 9.17) is 10.5 Å². The molecule has 0 unspecified atom stereocenters. The first kappa shape index (κ1) is 24.9. The van der Waals surface area contributed by atoms with E-state index in [2.05, 4.69) is 20.6 Å². The summed E-state index contributed by atoms with van der Waals surface area (Å²) < 4.78 is 7.17. The van der Waals surface area contributed by atoms with E-state index in [1.807, 2.05) is 59.1 Å². The number of ether oxygens (including phenoxy) is 1. The molecule has 1 aliphatic heterocycles. The average molecular weight is 501 g/mol. The second kappa shape index (κ2) is 11.5. The SMILES string of the molecule is NCCCNCc1ccc(-c2cn3cc(-c4ccc(C(=O)NC5CCOCC5)cc4)[nH]c3nc2=O)cc1. The molecular formula is C28H32N6O3. The van der Waals surface area contributed by atoms with Crippen LogP contribution in [0.25, 0.3) is 28.2 Å². The van der Waals surface area contributed by atoms with Crippen LogP contribution in [0.1, 0.15) is 35.2 Å². The van der Waals surface area contributed by atoms with Gasteiger partial charge in [-0.15, -0.1) is 0 Å². The van der Waals surface area contributed by atoms with Gasteiger partial charge in [-0.1, -0.05) is 36.4 Å². The van der Waals surface area contributed by atoms with Crippen molar-refractivity contribution in [1.82, 2.24) is 25.0 Å². The first-order valence-electron chi connectivity index (χ1n) is 12.7. The van der Waals surface area contributed by atoms with Gasteiger partial charge < -0.3 is 26.1 Å². The van der Waals surface area contributed by atoms with Crippen molar-refractivity contribution in [2.24, 2.45) is 5.73 Å². The predicted molar refractivity (Wildman–Crippen MR) is 143 cm³/mol. The number of imidazole rings is 1. The Bertz CT molecular complexity index is 1400. The molecule has 0 aliphatic carbocycles. The predicted octanol–water partition coefficient (Wildman–Crippen LogP) is 2.70. The Hall–Kier alpha value is -3.79. The van der Waals surface area contributed by atoms with Gasteiger partial charge in [0, 0.05) is 43.8 Å². The lowest BCUT2D eigenvalue weighted by atomic mass is 10.1. The average Bonchev–Trinajstić information content (AvgIpc) is 3.34. The molecule has 1 saturated heterocycles. The van der Waals surface area contributed by atoms with Gasteiger partial charge in [-0.3, -0.25) is 14.0 Å². The van der Waals surface area contributed by atoms with Crippen LogP contribution >= 0.6 is 0 Å². The van der Waals surface area contributed by atoms with E-state index in [0.29, 0.717) is 36.7 Å². The van der Waals surface area contributed by atoms with Crippen molar-refractivity contribution >= 4 is 11.7 Å². The lowest BCUT2D eigenvalue weighted by Crippen LogP contribution is -2.38. The summed E-state index contributed by atoms with van der Waals surface area (Å²) in [5, 5.41) is 6.43. The van der Waals surface area contributed by atoms with E-state index >= 15 is 0 Å². The number of nitrogens with zero attached hydrogens (tertiary/aromatic N) is 2. The van der Waals surface area contributed by atoms with E-state index in [0.717, 1.165) is 54.7 Å². The Morgan fingerprint density at radius 1 is 1.05 bits per heavy atom. The third kappa shape index (κ3) is 5.96. The smallest absolute Gasteiger partial charge is 0.282 e. The quantitative estimate of drug-likeness (QED) is 0.262. The highest BCUT2D eigenvalue weighted by Crippen LogP contribution is 2.21. The molecule has 5 N–H and O–H groups in total. The number of H-pyrrole nitrogens is 1. The number of aromatic amines is 1. The molecule has 9 heteroatoms. The van der Waals surface area contributed by atoms with Crippen LogP contribution in [-0.4, -0.2) is 52.6 Å². The van der Waals surface area contributed by atoms with E-state index in [9.17, 15) is 9.59 Å². The van der Waals surface area contributed by atoms with Gasteiger partial charge in [0.1, 0.15) is 0 Å². The summed E-state index contributed by atoms with van der Waals surface area (Å²) in [6.07, 6.45) is 6.31. The summed E-state index contributed by atoms with van der Waals surface area (Å²) >= 11 is 0. The third-order valence-corrected chi connectivity index (χ3v) is 6.63. The van der Waals surface area contributed by atoms with Gasteiger partial charge in [0.15, 0.2) is 0 Å². The second-order valence-electron chi connectivity index (χ2n) is 9.31. The number of amides is 1. The van der Waals surface area contributed by atoms with Crippen LogP contribution in [0.5, 0.6) is 0 Å². The maximum atomic E-state index is 12.8. The van der Waals surface area contributed by atoms with Gasteiger partial charge in [0.05, 0.1) is 11.3 Å². The molecule has 0 spiro atoms. The van der Waals surface area contributed by atoms with Crippen LogP contribution in [0, 0.1) is 0 Å². The van der Waals surface area contributed by atoms with Crippen LogP contribution in [0.15, 0.2) is 65.7 Å². The fourth-order valence-electron chi connectivity index (χ4n) is 4.47. The lowest BCUT2D eigenvalue weighted by Gasteiger charge is -2.23. The molecule has 0 bridgehead atoms. The number of carbonyl (C=O) groups excluding carboxylic acids is 1.